The van der Waals surface area contributed by atoms with E-state index in [0.717, 1.165) is 128 Å². The van der Waals surface area contributed by atoms with Gasteiger partial charge in [-0.05, 0) is 395 Å². The van der Waals surface area contributed by atoms with E-state index in [4.69, 9.17) is 5.11 Å². The first kappa shape index (κ1) is 96.0. The largest absolute Gasteiger partial charge is 0.396 e. The van der Waals surface area contributed by atoms with Crippen LogP contribution in [-0.4, -0.2) is 11.7 Å². The third-order valence-corrected chi connectivity index (χ3v) is 20.4. The summed E-state index contributed by atoms with van der Waals surface area (Å²) in [5.41, 5.74) is 28.9. The molecule has 0 heterocycles. The quantitative estimate of drug-likeness (QED) is 0.0602. The van der Waals surface area contributed by atoms with Crippen molar-refractivity contribution in [2.24, 2.45) is 5.92 Å². The molecule has 0 saturated carbocycles. The van der Waals surface area contributed by atoms with Crippen LogP contribution in [0.25, 0.3) is 0 Å². The topological polar surface area (TPSA) is 20.2 Å². The number of aliphatic hydroxyl groups excluding tert-OH is 1. The molecular formula is C100H164O. The van der Waals surface area contributed by atoms with Crippen LogP contribution in [-0.2, 0) is 0 Å². The predicted molar refractivity (Wildman–Crippen MR) is 463 cm³/mol. The molecule has 1 nitrogen and oxygen atoms in total. The fourth-order valence-corrected chi connectivity index (χ4v) is 12.7. The van der Waals surface area contributed by atoms with Crippen LogP contribution < -0.4 is 0 Å². The molecule has 0 bridgehead atoms. The van der Waals surface area contributed by atoms with Gasteiger partial charge in [0.2, 0.25) is 0 Å². The van der Waals surface area contributed by atoms with E-state index in [-0.39, 0.29) is 0 Å². The summed E-state index contributed by atoms with van der Waals surface area (Å²) in [6.07, 6.45) is 91.8. The van der Waals surface area contributed by atoms with Crippen LogP contribution in [0.3, 0.4) is 0 Å². The number of allylic oxidation sites excluding steroid dienone is 38. The van der Waals surface area contributed by atoms with E-state index in [1.54, 1.807) is 0 Å². The van der Waals surface area contributed by atoms with Gasteiger partial charge in [-0.2, -0.15) is 0 Å². The number of hydrogen-bond donors (Lipinski definition) is 1. The van der Waals surface area contributed by atoms with E-state index in [1.165, 1.54) is 228 Å². The monoisotopic (exact) mass is 1380 g/mol. The molecule has 570 valence electrons. The third kappa shape index (κ3) is 65.5. The number of rotatable bonds is 59. The van der Waals surface area contributed by atoms with Gasteiger partial charge in [0.25, 0.3) is 0 Å². The molecule has 0 spiro atoms. The van der Waals surface area contributed by atoms with Gasteiger partial charge >= 0.3 is 0 Å². The molecule has 0 fully saturated rings. The highest BCUT2D eigenvalue weighted by Gasteiger charge is 2.04. The lowest BCUT2D eigenvalue weighted by atomic mass is 10.0. The lowest BCUT2D eigenvalue weighted by molar-refractivity contribution is 0.259. The van der Waals surface area contributed by atoms with Crippen molar-refractivity contribution in [1.82, 2.24) is 0 Å². The first-order chi connectivity index (χ1) is 48.3. The first-order valence-corrected chi connectivity index (χ1v) is 41.3. The molecule has 1 heteroatoms. The Balaban J connectivity index is 4.35. The maximum Gasteiger partial charge on any atom is 0.0433 e. The van der Waals surface area contributed by atoms with Gasteiger partial charge in [0, 0.05) is 6.61 Å². The minimum Gasteiger partial charge on any atom is -0.396 e. The van der Waals surface area contributed by atoms with Gasteiger partial charge in [-0.3, -0.25) is 0 Å². The van der Waals surface area contributed by atoms with Crippen molar-refractivity contribution in [3.8, 4) is 0 Å². The Labute approximate surface area is 631 Å². The standard InChI is InChI=1S/C100H164O/c1-81(2)41-22-42-82(3)43-23-44-83(4)45-24-46-84(5)47-25-48-85(6)49-26-50-86(7)51-27-52-87(8)53-28-54-88(9)55-29-56-89(10)57-30-58-90(11)59-31-60-91(12)61-32-62-92(13)63-33-64-93(14)65-34-66-94(15)67-35-68-95(16)69-36-70-96(17)71-37-72-97(18)73-38-74-98(19)75-39-76-99(20)77-40-78-100(21)79-80-101/h41,43,45,47,49,51,53,55,57,59,61,63,65,67,69,71,73,75,77,100-101H,22-40,42,44,46,48,50,52,54,56,58,60,62,64,66,68,70,72,74,76,78-80H2,1-21H3/b82-43+,83-45+,84-47+,85-49+,86-51-,87-53+,88-55+,89-57+,90-59+,91-61+,92-63+,93-65+,94-67+,95-69-,96-71+,97-73+,98-75+,99-77+. The van der Waals surface area contributed by atoms with Gasteiger partial charge in [-0.25, -0.2) is 0 Å². The third-order valence-electron chi connectivity index (χ3n) is 20.4. The van der Waals surface area contributed by atoms with E-state index in [1.807, 2.05) is 0 Å². The van der Waals surface area contributed by atoms with Crippen molar-refractivity contribution in [1.29, 1.82) is 0 Å². The lowest BCUT2D eigenvalue weighted by Crippen LogP contribution is -1.97. The molecule has 0 aliphatic rings. The molecule has 0 aromatic heterocycles. The van der Waals surface area contributed by atoms with E-state index in [9.17, 15) is 0 Å². The zero-order chi connectivity index (χ0) is 75.3. The summed E-state index contributed by atoms with van der Waals surface area (Å²) in [7, 11) is 0. The van der Waals surface area contributed by atoms with E-state index in [2.05, 4.69) is 261 Å². The Morgan fingerprint density at radius 2 is 0.277 bits per heavy atom. The minimum absolute atomic E-state index is 0.308. The molecule has 1 N–H and O–H groups in total. The van der Waals surface area contributed by atoms with Gasteiger partial charge in [0.1, 0.15) is 0 Å². The summed E-state index contributed by atoms with van der Waals surface area (Å²) in [6, 6.07) is 0. The maximum absolute atomic E-state index is 9.12. The van der Waals surface area contributed by atoms with Crippen molar-refractivity contribution in [2.45, 2.75) is 396 Å². The van der Waals surface area contributed by atoms with Crippen molar-refractivity contribution < 1.29 is 5.11 Å². The lowest BCUT2D eigenvalue weighted by Gasteiger charge is -2.07. The van der Waals surface area contributed by atoms with Crippen LogP contribution in [0.5, 0.6) is 0 Å². The molecule has 0 aromatic carbocycles. The molecule has 1 atom stereocenters. The van der Waals surface area contributed by atoms with E-state index >= 15 is 0 Å². The van der Waals surface area contributed by atoms with Crippen LogP contribution in [0.2, 0.25) is 0 Å². The fraction of sp³-hybridized carbons (Fsp3) is 0.620. The first-order valence-electron chi connectivity index (χ1n) is 41.3. The Kier molecular flexibility index (Phi) is 61.4. The summed E-state index contributed by atoms with van der Waals surface area (Å²) >= 11 is 0. The van der Waals surface area contributed by atoms with Gasteiger partial charge in [0.05, 0.1) is 0 Å². The highest BCUT2D eigenvalue weighted by Crippen LogP contribution is 2.23. The smallest absolute Gasteiger partial charge is 0.0433 e. The molecule has 0 aliphatic heterocycles. The highest BCUT2D eigenvalue weighted by molar-refractivity contribution is 5.15. The highest BCUT2D eigenvalue weighted by atomic mass is 16.3. The molecule has 0 aliphatic carbocycles. The van der Waals surface area contributed by atoms with Gasteiger partial charge in [-0.1, -0.05) is 228 Å². The maximum atomic E-state index is 9.12. The van der Waals surface area contributed by atoms with Crippen molar-refractivity contribution in [3.63, 3.8) is 0 Å². The Morgan fingerprint density at radius 3 is 0.386 bits per heavy atom. The second-order valence-electron chi connectivity index (χ2n) is 32.1. The number of hydrogen-bond acceptors (Lipinski definition) is 1. The molecule has 0 rings (SSSR count). The van der Waals surface area contributed by atoms with Crippen molar-refractivity contribution in [2.75, 3.05) is 6.61 Å². The molecular weight excluding hydrogens is 1220 g/mol. The molecule has 0 radical (unpaired) electrons. The second-order valence-corrected chi connectivity index (χ2v) is 32.1. The Bertz CT molecular complexity index is 2860. The summed E-state index contributed by atoms with van der Waals surface area (Å²) in [5, 5.41) is 9.12. The van der Waals surface area contributed by atoms with Gasteiger partial charge in [-0.15, -0.1) is 0 Å². The summed E-state index contributed by atoms with van der Waals surface area (Å²) in [6.45, 7) is 48.5. The summed E-state index contributed by atoms with van der Waals surface area (Å²) in [4.78, 5) is 0. The van der Waals surface area contributed by atoms with Gasteiger partial charge in [0.15, 0.2) is 0 Å². The van der Waals surface area contributed by atoms with Crippen molar-refractivity contribution >= 4 is 0 Å². The van der Waals surface area contributed by atoms with Crippen LogP contribution in [0.1, 0.15) is 396 Å². The zero-order valence-corrected chi connectivity index (χ0v) is 70.8. The van der Waals surface area contributed by atoms with E-state index < -0.39 is 0 Å². The molecule has 0 aromatic rings. The normalized spacial score (nSPS) is 15.5. The Morgan fingerprint density at radius 1 is 0.168 bits per heavy atom. The van der Waals surface area contributed by atoms with Crippen LogP contribution in [0.4, 0.5) is 0 Å². The Hall–Kier alpha value is -4.98. The summed E-state index contributed by atoms with van der Waals surface area (Å²) in [5.74, 6) is 0.611. The second kappa shape index (κ2) is 64.6. The molecule has 0 saturated heterocycles. The molecule has 1 unspecified atom stereocenters. The van der Waals surface area contributed by atoms with Crippen LogP contribution in [0.15, 0.2) is 221 Å². The van der Waals surface area contributed by atoms with Gasteiger partial charge < -0.3 is 5.11 Å². The molecule has 0 amide bonds. The molecule has 101 heavy (non-hydrogen) atoms. The average molecular weight is 1380 g/mol. The van der Waals surface area contributed by atoms with E-state index in [0.29, 0.717) is 12.5 Å². The predicted octanol–water partition coefficient (Wildman–Crippen LogP) is 33.8. The number of aliphatic hydroxyl groups is 1. The van der Waals surface area contributed by atoms with Crippen molar-refractivity contribution in [3.05, 3.63) is 221 Å². The van der Waals surface area contributed by atoms with Crippen LogP contribution >= 0.6 is 0 Å². The zero-order valence-electron chi connectivity index (χ0n) is 70.8. The minimum atomic E-state index is 0.308. The average Bonchev–Trinajstić information content (AvgIpc) is 3.74. The van der Waals surface area contributed by atoms with Crippen LogP contribution in [0, 0.1) is 5.92 Å². The SMILES string of the molecule is CC(C)=CCC/C(C)=C/CC/C(C)=C/CC/C(C)=C/CC/C(C)=C/CC/C(C)=C\CC/C(C)=C/CC/C(C)=C/CC/C(C)=C/CC/C(C)=C/CC/C(C)=C/CC/C(C)=C/CC/C(C)=C/CC/C(C)=C/CC/C(C)=C\CC/C(C)=C/CC/C(C)=C/CC/C(C)=C/CC/C(C)=C/CCC(C)CCO. The fourth-order valence-electron chi connectivity index (χ4n) is 12.7. The summed E-state index contributed by atoms with van der Waals surface area (Å²) < 4.78 is 0.